The molecule has 2 heterocycles. The third-order valence-electron chi connectivity index (χ3n) is 5.47. The Morgan fingerprint density at radius 2 is 1.96 bits per heavy atom. The fraction of sp³-hybridized carbons (Fsp3) is 0.600. The molecule has 0 radical (unpaired) electrons. The SMILES string of the molecule is Cl.c1cc(CCOC2CCCCC2N2CCOCC2)c2ccsc2c1. The number of nitrogens with zero attached hydrogens (tertiary/aromatic N) is 1. The number of rotatable bonds is 5. The highest BCUT2D eigenvalue weighted by Crippen LogP contribution is 2.28. The molecule has 2 aromatic rings. The van der Waals surface area contributed by atoms with Crippen LogP contribution in [0.3, 0.4) is 0 Å². The summed E-state index contributed by atoms with van der Waals surface area (Å²) in [7, 11) is 0. The number of ether oxygens (including phenoxy) is 2. The maximum absolute atomic E-state index is 6.40. The van der Waals surface area contributed by atoms with E-state index in [0.29, 0.717) is 12.1 Å². The Labute approximate surface area is 160 Å². The predicted octanol–water partition coefficient (Wildman–Crippen LogP) is 4.53. The van der Waals surface area contributed by atoms with Gasteiger partial charge in [-0.2, -0.15) is 0 Å². The third-order valence-corrected chi connectivity index (χ3v) is 6.35. The number of hydrogen-bond acceptors (Lipinski definition) is 4. The summed E-state index contributed by atoms with van der Waals surface area (Å²) in [4.78, 5) is 2.60. The molecule has 0 bridgehead atoms. The quantitative estimate of drug-likeness (QED) is 0.759. The van der Waals surface area contributed by atoms with Gasteiger partial charge in [-0.25, -0.2) is 0 Å². The first-order valence-corrected chi connectivity index (χ1v) is 10.2. The molecular weight excluding hydrogens is 354 g/mol. The van der Waals surface area contributed by atoms with Gasteiger partial charge < -0.3 is 9.47 Å². The van der Waals surface area contributed by atoms with Crippen LogP contribution in [-0.2, 0) is 15.9 Å². The topological polar surface area (TPSA) is 21.7 Å². The fourth-order valence-electron chi connectivity index (χ4n) is 4.19. The minimum atomic E-state index is 0. The summed E-state index contributed by atoms with van der Waals surface area (Å²) < 4.78 is 13.3. The molecule has 3 nitrogen and oxygen atoms in total. The molecule has 2 fully saturated rings. The van der Waals surface area contributed by atoms with E-state index in [0.717, 1.165) is 39.3 Å². The van der Waals surface area contributed by atoms with Gasteiger partial charge in [0.25, 0.3) is 0 Å². The van der Waals surface area contributed by atoms with Crippen LogP contribution in [0.5, 0.6) is 0 Å². The molecular formula is C20H28ClNO2S. The molecule has 1 saturated heterocycles. The molecule has 25 heavy (non-hydrogen) atoms. The Hall–Kier alpha value is -0.650. The highest BCUT2D eigenvalue weighted by molar-refractivity contribution is 7.17. The van der Waals surface area contributed by atoms with E-state index in [-0.39, 0.29) is 12.4 Å². The summed E-state index contributed by atoms with van der Waals surface area (Å²) in [6.45, 7) is 4.73. The second-order valence-corrected chi connectivity index (χ2v) is 7.86. The van der Waals surface area contributed by atoms with Gasteiger partial charge in [-0.1, -0.05) is 25.0 Å². The molecule has 4 rings (SSSR count). The molecule has 0 N–H and O–H groups in total. The van der Waals surface area contributed by atoms with E-state index >= 15 is 0 Å². The van der Waals surface area contributed by atoms with Crippen molar-refractivity contribution in [2.24, 2.45) is 0 Å². The van der Waals surface area contributed by atoms with E-state index in [9.17, 15) is 0 Å². The molecule has 1 aliphatic heterocycles. The van der Waals surface area contributed by atoms with Crippen LogP contribution in [0.1, 0.15) is 31.2 Å². The van der Waals surface area contributed by atoms with Crippen molar-refractivity contribution in [1.82, 2.24) is 4.90 Å². The fourth-order valence-corrected chi connectivity index (χ4v) is 5.03. The first-order chi connectivity index (χ1) is 11.9. The number of halogens is 1. The lowest BCUT2D eigenvalue weighted by molar-refractivity contribution is -0.0647. The summed E-state index contributed by atoms with van der Waals surface area (Å²) >= 11 is 1.82. The molecule has 5 heteroatoms. The van der Waals surface area contributed by atoms with Gasteiger partial charge in [-0.05, 0) is 47.7 Å². The van der Waals surface area contributed by atoms with Crippen molar-refractivity contribution in [3.05, 3.63) is 35.2 Å². The van der Waals surface area contributed by atoms with Crippen molar-refractivity contribution in [1.29, 1.82) is 0 Å². The number of benzene rings is 1. The zero-order valence-corrected chi connectivity index (χ0v) is 16.3. The van der Waals surface area contributed by atoms with Gasteiger partial charge in [-0.3, -0.25) is 4.90 Å². The van der Waals surface area contributed by atoms with Gasteiger partial charge in [0.05, 0.1) is 25.9 Å². The number of morpholine rings is 1. The highest BCUT2D eigenvalue weighted by atomic mass is 35.5. The first-order valence-electron chi connectivity index (χ1n) is 9.30. The zero-order valence-electron chi connectivity index (χ0n) is 14.7. The molecule has 1 aliphatic carbocycles. The molecule has 0 spiro atoms. The standard InChI is InChI=1S/C20H27NO2S.ClH/c1-2-6-19(18(5-1)21-10-13-22-14-11-21)23-12-8-16-4-3-7-20-17(16)9-15-24-20;/h3-4,7,9,15,18-19H,1-2,5-6,8,10-14H2;1H. The number of hydrogen-bond donors (Lipinski definition) is 0. The summed E-state index contributed by atoms with van der Waals surface area (Å²) in [5.41, 5.74) is 1.42. The lowest BCUT2D eigenvalue weighted by atomic mass is 9.91. The normalized spacial score (nSPS) is 25.0. The summed E-state index contributed by atoms with van der Waals surface area (Å²) in [6.07, 6.45) is 6.57. The van der Waals surface area contributed by atoms with Crippen molar-refractivity contribution in [2.45, 2.75) is 44.2 Å². The lowest BCUT2D eigenvalue weighted by Gasteiger charge is -2.41. The smallest absolute Gasteiger partial charge is 0.0730 e. The van der Waals surface area contributed by atoms with Gasteiger partial charge >= 0.3 is 0 Å². The molecule has 0 amide bonds. The van der Waals surface area contributed by atoms with Crippen molar-refractivity contribution < 1.29 is 9.47 Å². The van der Waals surface area contributed by atoms with Gasteiger partial charge in [0.1, 0.15) is 0 Å². The number of fused-ring (bicyclic) bond motifs is 1. The maximum atomic E-state index is 6.40. The molecule has 2 unspecified atom stereocenters. The Morgan fingerprint density at radius 1 is 1.12 bits per heavy atom. The van der Waals surface area contributed by atoms with Gasteiger partial charge in [-0.15, -0.1) is 23.7 Å². The Kier molecular flexibility index (Phi) is 7.14. The van der Waals surface area contributed by atoms with Crippen LogP contribution in [0.4, 0.5) is 0 Å². The summed E-state index contributed by atoms with van der Waals surface area (Å²) in [5, 5.41) is 3.59. The average molecular weight is 382 g/mol. The van der Waals surface area contributed by atoms with Crippen LogP contribution in [-0.4, -0.2) is 50.0 Å². The Balaban J connectivity index is 0.00000182. The van der Waals surface area contributed by atoms with E-state index < -0.39 is 0 Å². The molecule has 1 aromatic carbocycles. The van der Waals surface area contributed by atoms with Gasteiger partial charge in [0.2, 0.25) is 0 Å². The second-order valence-electron chi connectivity index (χ2n) is 6.91. The van der Waals surface area contributed by atoms with Crippen LogP contribution in [0.2, 0.25) is 0 Å². The van der Waals surface area contributed by atoms with Crippen LogP contribution in [0, 0.1) is 0 Å². The van der Waals surface area contributed by atoms with Crippen molar-refractivity contribution in [3.63, 3.8) is 0 Å². The van der Waals surface area contributed by atoms with Crippen LogP contribution in [0.25, 0.3) is 10.1 Å². The zero-order chi connectivity index (χ0) is 16.2. The molecule has 2 aliphatic rings. The first kappa shape index (κ1) is 19.1. The monoisotopic (exact) mass is 381 g/mol. The predicted molar refractivity (Wildman–Crippen MR) is 107 cm³/mol. The minimum absolute atomic E-state index is 0. The molecule has 2 atom stereocenters. The van der Waals surface area contributed by atoms with E-state index in [1.807, 2.05) is 11.3 Å². The van der Waals surface area contributed by atoms with Crippen molar-refractivity contribution in [3.8, 4) is 0 Å². The van der Waals surface area contributed by atoms with Crippen LogP contribution >= 0.6 is 23.7 Å². The van der Waals surface area contributed by atoms with Crippen molar-refractivity contribution >= 4 is 33.8 Å². The summed E-state index contributed by atoms with van der Waals surface area (Å²) in [5.74, 6) is 0. The molecule has 1 aromatic heterocycles. The Morgan fingerprint density at radius 3 is 2.84 bits per heavy atom. The molecule has 138 valence electrons. The largest absolute Gasteiger partial charge is 0.379 e. The van der Waals surface area contributed by atoms with E-state index in [1.165, 1.54) is 41.3 Å². The summed E-state index contributed by atoms with van der Waals surface area (Å²) in [6, 6.07) is 9.47. The lowest BCUT2D eigenvalue weighted by Crippen LogP contribution is -2.51. The van der Waals surface area contributed by atoms with Gasteiger partial charge in [0, 0.05) is 23.8 Å². The van der Waals surface area contributed by atoms with E-state index in [2.05, 4.69) is 34.5 Å². The van der Waals surface area contributed by atoms with Crippen LogP contribution < -0.4 is 0 Å². The molecule has 1 saturated carbocycles. The van der Waals surface area contributed by atoms with E-state index in [4.69, 9.17) is 9.47 Å². The highest BCUT2D eigenvalue weighted by Gasteiger charge is 2.31. The minimum Gasteiger partial charge on any atom is -0.379 e. The van der Waals surface area contributed by atoms with E-state index in [1.54, 1.807) is 0 Å². The van der Waals surface area contributed by atoms with Gasteiger partial charge in [0.15, 0.2) is 0 Å². The third kappa shape index (κ3) is 4.55. The Bertz CT molecular complexity index is 656. The number of thiophene rings is 1. The maximum Gasteiger partial charge on any atom is 0.0730 e. The average Bonchev–Trinajstić information content (AvgIpc) is 3.12. The van der Waals surface area contributed by atoms with Crippen molar-refractivity contribution in [2.75, 3.05) is 32.9 Å². The van der Waals surface area contributed by atoms with Crippen LogP contribution in [0.15, 0.2) is 29.6 Å². The second kappa shape index (κ2) is 9.33.